The third-order valence-corrected chi connectivity index (χ3v) is 5.05. The van der Waals surface area contributed by atoms with E-state index in [4.69, 9.17) is 0 Å². The van der Waals surface area contributed by atoms with Crippen molar-refractivity contribution < 1.29 is 14.0 Å². The van der Waals surface area contributed by atoms with Gasteiger partial charge in [0.25, 0.3) is 5.91 Å². The molecule has 1 heterocycles. The predicted molar refractivity (Wildman–Crippen MR) is 100 cm³/mol. The van der Waals surface area contributed by atoms with Gasteiger partial charge < -0.3 is 15.5 Å². The van der Waals surface area contributed by atoms with E-state index in [1.54, 1.807) is 0 Å². The third kappa shape index (κ3) is 5.53. The number of piperidine rings is 1. The molecular weight excluding hydrogens is 333 g/mol. The second-order valence-corrected chi connectivity index (χ2v) is 7.36. The Balaban J connectivity index is 1.95. The largest absolute Gasteiger partial charge is 0.341 e. The molecule has 0 radical (unpaired) electrons. The van der Waals surface area contributed by atoms with Gasteiger partial charge in [-0.25, -0.2) is 4.39 Å². The highest BCUT2D eigenvalue weighted by molar-refractivity contribution is 5.97. The maximum absolute atomic E-state index is 13.0. The fourth-order valence-corrected chi connectivity index (χ4v) is 3.33. The lowest BCUT2D eigenvalue weighted by Gasteiger charge is -2.35. The molecule has 1 aliphatic rings. The average molecular weight is 363 g/mol. The maximum atomic E-state index is 13.0. The topological polar surface area (TPSA) is 61.4 Å². The summed E-state index contributed by atoms with van der Waals surface area (Å²) in [4.78, 5) is 27.2. The number of benzene rings is 1. The van der Waals surface area contributed by atoms with E-state index in [1.165, 1.54) is 24.3 Å². The van der Waals surface area contributed by atoms with E-state index in [-0.39, 0.29) is 23.5 Å². The van der Waals surface area contributed by atoms with Crippen LogP contribution in [0.3, 0.4) is 0 Å². The highest BCUT2D eigenvalue weighted by Crippen LogP contribution is 2.21. The van der Waals surface area contributed by atoms with Crippen molar-refractivity contribution in [2.75, 3.05) is 26.7 Å². The van der Waals surface area contributed by atoms with Crippen molar-refractivity contribution in [3.05, 3.63) is 35.6 Å². The molecule has 0 spiro atoms. The van der Waals surface area contributed by atoms with Crippen LogP contribution in [0.1, 0.15) is 43.5 Å². The molecule has 144 valence electrons. The Kier molecular flexibility index (Phi) is 7.57. The van der Waals surface area contributed by atoms with Crippen LogP contribution in [0.4, 0.5) is 4.39 Å². The fourth-order valence-electron chi connectivity index (χ4n) is 3.33. The Bertz CT molecular complexity index is 596. The molecule has 0 aromatic heterocycles. The van der Waals surface area contributed by atoms with Gasteiger partial charge >= 0.3 is 0 Å². The first kappa shape index (κ1) is 20.4. The molecule has 1 aliphatic heterocycles. The van der Waals surface area contributed by atoms with Crippen LogP contribution in [-0.2, 0) is 4.79 Å². The number of hydrogen-bond acceptors (Lipinski definition) is 3. The van der Waals surface area contributed by atoms with Gasteiger partial charge in [0, 0.05) is 18.7 Å². The zero-order valence-corrected chi connectivity index (χ0v) is 15.9. The second kappa shape index (κ2) is 9.67. The minimum Gasteiger partial charge on any atom is -0.341 e. The molecule has 1 fully saturated rings. The molecular formula is C20H30FN3O2. The van der Waals surface area contributed by atoms with Crippen LogP contribution in [0.25, 0.3) is 0 Å². The SMILES string of the molecule is CNCCC1CCN(C(=O)C(NC(=O)c2ccc(F)cc2)C(C)C)CC1. The van der Waals surface area contributed by atoms with Gasteiger partial charge in [0.2, 0.25) is 5.91 Å². The summed E-state index contributed by atoms with van der Waals surface area (Å²) in [6.07, 6.45) is 3.14. The van der Waals surface area contributed by atoms with Gasteiger partial charge in [0.15, 0.2) is 0 Å². The highest BCUT2D eigenvalue weighted by Gasteiger charge is 2.31. The Hall–Kier alpha value is -1.95. The van der Waals surface area contributed by atoms with Crippen LogP contribution in [-0.4, -0.2) is 49.4 Å². The molecule has 1 atom stereocenters. The first-order valence-corrected chi connectivity index (χ1v) is 9.42. The number of carbonyl (C=O) groups is 2. The van der Waals surface area contributed by atoms with Gasteiger partial charge in [-0.3, -0.25) is 9.59 Å². The summed E-state index contributed by atoms with van der Waals surface area (Å²) in [5.41, 5.74) is 0.357. The monoisotopic (exact) mass is 363 g/mol. The lowest BCUT2D eigenvalue weighted by atomic mass is 9.92. The molecule has 1 saturated heterocycles. The van der Waals surface area contributed by atoms with Gasteiger partial charge in [-0.1, -0.05) is 13.8 Å². The Morgan fingerprint density at radius 1 is 1.19 bits per heavy atom. The van der Waals surface area contributed by atoms with Crippen LogP contribution in [0.2, 0.25) is 0 Å². The van der Waals surface area contributed by atoms with Gasteiger partial charge in [0.1, 0.15) is 11.9 Å². The zero-order valence-electron chi connectivity index (χ0n) is 15.9. The average Bonchev–Trinajstić information content (AvgIpc) is 2.64. The number of halogens is 1. The van der Waals surface area contributed by atoms with Crippen LogP contribution < -0.4 is 10.6 Å². The predicted octanol–water partition coefficient (Wildman–Crippen LogP) is 2.43. The molecule has 0 bridgehead atoms. The summed E-state index contributed by atoms with van der Waals surface area (Å²) >= 11 is 0. The van der Waals surface area contributed by atoms with Crippen molar-refractivity contribution in [2.24, 2.45) is 11.8 Å². The molecule has 1 aromatic carbocycles. The summed E-state index contributed by atoms with van der Waals surface area (Å²) in [5.74, 6) is -0.130. The van der Waals surface area contributed by atoms with E-state index >= 15 is 0 Å². The molecule has 2 amide bonds. The van der Waals surface area contributed by atoms with E-state index in [0.29, 0.717) is 11.5 Å². The fraction of sp³-hybridized carbons (Fsp3) is 0.600. The van der Waals surface area contributed by atoms with E-state index < -0.39 is 6.04 Å². The summed E-state index contributed by atoms with van der Waals surface area (Å²) in [7, 11) is 1.95. The lowest BCUT2D eigenvalue weighted by molar-refractivity contribution is -0.135. The van der Waals surface area contributed by atoms with Gasteiger partial charge in [-0.05, 0) is 69.0 Å². The molecule has 2 N–H and O–H groups in total. The van der Waals surface area contributed by atoms with Gasteiger partial charge in [0.05, 0.1) is 0 Å². The minimum absolute atomic E-state index is 0.0195. The molecule has 0 saturated carbocycles. The van der Waals surface area contributed by atoms with Crippen LogP contribution in [0, 0.1) is 17.7 Å². The Morgan fingerprint density at radius 3 is 2.35 bits per heavy atom. The van der Waals surface area contributed by atoms with E-state index in [0.717, 1.165) is 38.9 Å². The van der Waals surface area contributed by atoms with Crippen molar-refractivity contribution in [3.8, 4) is 0 Å². The smallest absolute Gasteiger partial charge is 0.251 e. The normalized spacial score (nSPS) is 16.6. The van der Waals surface area contributed by atoms with Crippen LogP contribution in [0.5, 0.6) is 0 Å². The number of likely N-dealkylation sites (tertiary alicyclic amines) is 1. The molecule has 1 unspecified atom stereocenters. The second-order valence-electron chi connectivity index (χ2n) is 7.36. The molecule has 2 rings (SSSR count). The number of rotatable bonds is 7. The molecule has 26 heavy (non-hydrogen) atoms. The number of amides is 2. The van der Waals surface area contributed by atoms with Crippen molar-refractivity contribution in [1.82, 2.24) is 15.5 Å². The number of hydrogen-bond donors (Lipinski definition) is 2. The van der Waals surface area contributed by atoms with Crippen molar-refractivity contribution in [1.29, 1.82) is 0 Å². The molecule has 1 aromatic rings. The molecule has 0 aliphatic carbocycles. The Morgan fingerprint density at radius 2 is 1.81 bits per heavy atom. The zero-order chi connectivity index (χ0) is 19.1. The minimum atomic E-state index is -0.568. The molecule has 6 heteroatoms. The van der Waals surface area contributed by atoms with Crippen LogP contribution >= 0.6 is 0 Å². The van der Waals surface area contributed by atoms with Crippen LogP contribution in [0.15, 0.2) is 24.3 Å². The molecule has 5 nitrogen and oxygen atoms in total. The summed E-state index contributed by atoms with van der Waals surface area (Å²) in [6, 6.07) is 4.79. The maximum Gasteiger partial charge on any atom is 0.251 e. The lowest BCUT2D eigenvalue weighted by Crippen LogP contribution is -2.53. The van der Waals surface area contributed by atoms with Crippen molar-refractivity contribution >= 4 is 11.8 Å². The number of nitrogens with zero attached hydrogens (tertiary/aromatic N) is 1. The van der Waals surface area contributed by atoms with Crippen molar-refractivity contribution in [3.63, 3.8) is 0 Å². The van der Waals surface area contributed by atoms with E-state index in [1.807, 2.05) is 25.8 Å². The first-order valence-electron chi connectivity index (χ1n) is 9.42. The Labute approximate surface area is 155 Å². The third-order valence-electron chi connectivity index (χ3n) is 5.05. The van der Waals surface area contributed by atoms with E-state index in [2.05, 4.69) is 10.6 Å². The number of nitrogens with one attached hydrogen (secondary N) is 2. The summed E-state index contributed by atoms with van der Waals surface area (Å²) in [5, 5.41) is 6.00. The first-order chi connectivity index (χ1) is 12.4. The number of carbonyl (C=O) groups excluding carboxylic acids is 2. The highest BCUT2D eigenvalue weighted by atomic mass is 19.1. The van der Waals surface area contributed by atoms with Crippen molar-refractivity contribution in [2.45, 2.75) is 39.2 Å². The van der Waals surface area contributed by atoms with Gasteiger partial charge in [-0.2, -0.15) is 0 Å². The quantitative estimate of drug-likeness (QED) is 0.782. The summed E-state index contributed by atoms with van der Waals surface area (Å²) < 4.78 is 13.0. The summed E-state index contributed by atoms with van der Waals surface area (Å²) in [6.45, 7) is 6.33. The van der Waals surface area contributed by atoms with E-state index in [9.17, 15) is 14.0 Å². The van der Waals surface area contributed by atoms with Gasteiger partial charge in [-0.15, -0.1) is 0 Å². The standard InChI is InChI=1S/C20H30FN3O2/c1-14(2)18(23-19(25)16-4-6-17(21)7-5-16)20(26)24-12-9-15(10-13-24)8-11-22-3/h4-7,14-15,18,22H,8-13H2,1-3H3,(H,23,25).